The first-order chi connectivity index (χ1) is 7.86. The molecule has 1 fully saturated rings. The molecule has 85 valence electrons. The standard InChI is InChI=1S/C13H13N2O.Y/c16-13(12-6-3-7-14-12)10-8-15-11-5-2-1-4-9(10)11;/h2,4-5,8,12,14-15H,3,6-7H2;/q-1;/t12-;/m1./s1. The van der Waals surface area contributed by atoms with E-state index in [0.29, 0.717) is 0 Å². The maximum atomic E-state index is 12.2. The van der Waals surface area contributed by atoms with Crippen molar-refractivity contribution < 1.29 is 37.5 Å². The van der Waals surface area contributed by atoms with Crippen molar-refractivity contribution in [1.82, 2.24) is 10.3 Å². The van der Waals surface area contributed by atoms with Crippen LogP contribution in [0.1, 0.15) is 23.2 Å². The largest absolute Gasteiger partial charge is 0.384 e. The average Bonchev–Trinajstić information content (AvgIpc) is 2.98. The minimum absolute atomic E-state index is 0. The molecule has 2 N–H and O–H groups in total. The topological polar surface area (TPSA) is 44.9 Å². The molecular formula is C13H13N2OY-. The van der Waals surface area contributed by atoms with Gasteiger partial charge in [-0.05, 0) is 31.1 Å². The average molecular weight is 302 g/mol. The molecule has 0 spiro atoms. The number of carbonyl (C=O) groups is 1. The summed E-state index contributed by atoms with van der Waals surface area (Å²) in [4.78, 5) is 15.3. The van der Waals surface area contributed by atoms with Crippen LogP contribution in [0.3, 0.4) is 0 Å². The molecule has 1 aromatic carbocycles. The summed E-state index contributed by atoms with van der Waals surface area (Å²) in [7, 11) is 0. The third-order valence-electron chi connectivity index (χ3n) is 3.17. The van der Waals surface area contributed by atoms with E-state index in [-0.39, 0.29) is 44.5 Å². The molecule has 0 aliphatic carbocycles. The second kappa shape index (κ2) is 5.43. The molecular weight excluding hydrogens is 289 g/mol. The number of fused-ring (bicyclic) bond motifs is 1. The van der Waals surface area contributed by atoms with Crippen LogP contribution in [-0.4, -0.2) is 23.4 Å². The van der Waals surface area contributed by atoms with Gasteiger partial charge in [0.25, 0.3) is 0 Å². The minimum atomic E-state index is -0.000735. The monoisotopic (exact) mass is 302 g/mol. The third-order valence-corrected chi connectivity index (χ3v) is 3.17. The Kier molecular flexibility index (Phi) is 4.13. The quantitative estimate of drug-likeness (QED) is 0.657. The number of aromatic amines is 1. The third kappa shape index (κ3) is 2.37. The Balaban J connectivity index is 0.00000108. The molecule has 1 aliphatic rings. The number of Topliss-reactive ketones (excluding diaryl/α,β-unsaturated/α-hetero) is 1. The molecule has 1 aliphatic heterocycles. The normalized spacial score (nSPS) is 19.2. The van der Waals surface area contributed by atoms with Crippen molar-refractivity contribution in [3.63, 3.8) is 0 Å². The zero-order valence-electron chi connectivity index (χ0n) is 9.49. The Morgan fingerprint density at radius 1 is 1.47 bits per heavy atom. The Bertz CT molecular complexity index is 529. The van der Waals surface area contributed by atoms with Crippen molar-refractivity contribution in [2.75, 3.05) is 6.54 Å². The van der Waals surface area contributed by atoms with E-state index in [4.69, 9.17) is 0 Å². The first-order valence-corrected chi connectivity index (χ1v) is 5.61. The number of H-pyrrole nitrogens is 1. The molecule has 17 heavy (non-hydrogen) atoms. The molecule has 0 amide bonds. The van der Waals surface area contributed by atoms with E-state index in [1.165, 1.54) is 0 Å². The van der Waals surface area contributed by atoms with Crippen molar-refractivity contribution in [3.8, 4) is 0 Å². The molecule has 3 rings (SSSR count). The van der Waals surface area contributed by atoms with E-state index in [9.17, 15) is 4.79 Å². The van der Waals surface area contributed by atoms with E-state index in [1.54, 1.807) is 6.20 Å². The number of benzene rings is 1. The van der Waals surface area contributed by atoms with Crippen molar-refractivity contribution in [3.05, 3.63) is 36.0 Å². The predicted molar refractivity (Wildman–Crippen MR) is 62.5 cm³/mol. The smallest absolute Gasteiger partial charge is 0.169 e. The molecule has 2 heterocycles. The Morgan fingerprint density at radius 3 is 3.12 bits per heavy atom. The Hall–Kier alpha value is -0.506. The van der Waals surface area contributed by atoms with Crippen LogP contribution < -0.4 is 5.32 Å². The van der Waals surface area contributed by atoms with E-state index in [1.807, 2.05) is 18.2 Å². The van der Waals surface area contributed by atoms with E-state index < -0.39 is 0 Å². The van der Waals surface area contributed by atoms with Crippen LogP contribution in [0, 0.1) is 6.07 Å². The maximum Gasteiger partial charge on any atom is 0.169 e. The zero-order chi connectivity index (χ0) is 11.0. The van der Waals surface area contributed by atoms with Gasteiger partial charge < -0.3 is 10.3 Å². The number of ketones is 1. The number of hydrogen-bond donors (Lipinski definition) is 2. The molecule has 3 nitrogen and oxygen atoms in total. The fourth-order valence-electron chi connectivity index (χ4n) is 2.31. The number of nitrogens with one attached hydrogen (secondary N) is 2. The van der Waals surface area contributed by atoms with Crippen LogP contribution in [0.5, 0.6) is 0 Å². The van der Waals surface area contributed by atoms with E-state index in [0.717, 1.165) is 35.9 Å². The number of aromatic nitrogens is 1. The van der Waals surface area contributed by atoms with Crippen molar-refractivity contribution in [2.24, 2.45) is 0 Å². The van der Waals surface area contributed by atoms with E-state index >= 15 is 0 Å². The van der Waals surface area contributed by atoms with Crippen LogP contribution in [-0.2, 0) is 32.7 Å². The summed E-state index contributed by atoms with van der Waals surface area (Å²) in [5, 5.41) is 4.21. The molecule has 2 aromatic rings. The Morgan fingerprint density at radius 2 is 2.35 bits per heavy atom. The number of rotatable bonds is 2. The second-order valence-corrected chi connectivity index (χ2v) is 4.19. The van der Waals surface area contributed by atoms with Crippen LogP contribution in [0.4, 0.5) is 0 Å². The fourth-order valence-corrected chi connectivity index (χ4v) is 2.31. The van der Waals surface area contributed by atoms with Gasteiger partial charge in [0.05, 0.1) is 6.04 Å². The van der Waals surface area contributed by atoms with Gasteiger partial charge >= 0.3 is 0 Å². The van der Waals surface area contributed by atoms with Gasteiger partial charge in [-0.2, -0.15) is 18.2 Å². The van der Waals surface area contributed by atoms with Gasteiger partial charge in [0, 0.05) is 32.7 Å². The van der Waals surface area contributed by atoms with Crippen LogP contribution in [0.2, 0.25) is 0 Å². The van der Waals surface area contributed by atoms with Crippen molar-refractivity contribution >= 4 is 16.7 Å². The van der Waals surface area contributed by atoms with Gasteiger partial charge in [-0.3, -0.25) is 4.79 Å². The van der Waals surface area contributed by atoms with Crippen LogP contribution >= 0.6 is 0 Å². The minimum Gasteiger partial charge on any atom is -0.384 e. The molecule has 0 saturated carbocycles. The SMILES string of the molecule is O=C(c1c[nH]c2cc[c-]cc12)[C@H]1CCCN1.[Y]. The molecule has 1 aromatic heterocycles. The number of hydrogen-bond acceptors (Lipinski definition) is 2. The summed E-state index contributed by atoms with van der Waals surface area (Å²) in [5.41, 5.74) is 1.78. The van der Waals surface area contributed by atoms with Crippen LogP contribution in [0.15, 0.2) is 24.4 Å². The van der Waals surface area contributed by atoms with Gasteiger partial charge in [0.2, 0.25) is 0 Å². The molecule has 1 atom stereocenters. The maximum absolute atomic E-state index is 12.2. The molecule has 0 bridgehead atoms. The summed E-state index contributed by atoms with van der Waals surface area (Å²) in [6, 6.07) is 8.67. The molecule has 1 radical (unpaired) electrons. The summed E-state index contributed by atoms with van der Waals surface area (Å²) < 4.78 is 0. The number of carbonyl (C=O) groups excluding carboxylic acids is 1. The van der Waals surface area contributed by atoms with E-state index in [2.05, 4.69) is 16.4 Å². The van der Waals surface area contributed by atoms with Gasteiger partial charge in [-0.15, -0.1) is 6.07 Å². The van der Waals surface area contributed by atoms with Crippen LogP contribution in [0.25, 0.3) is 10.9 Å². The summed E-state index contributed by atoms with van der Waals surface area (Å²) in [6.07, 6.45) is 3.84. The first-order valence-electron chi connectivity index (χ1n) is 5.61. The summed E-state index contributed by atoms with van der Waals surface area (Å²) >= 11 is 0. The Labute approximate surface area is 125 Å². The molecule has 4 heteroatoms. The zero-order valence-corrected chi connectivity index (χ0v) is 12.3. The van der Waals surface area contributed by atoms with Gasteiger partial charge in [-0.25, -0.2) is 0 Å². The molecule has 1 saturated heterocycles. The second-order valence-electron chi connectivity index (χ2n) is 4.19. The van der Waals surface area contributed by atoms with Crippen molar-refractivity contribution in [2.45, 2.75) is 18.9 Å². The first kappa shape index (κ1) is 12.9. The van der Waals surface area contributed by atoms with Crippen molar-refractivity contribution in [1.29, 1.82) is 0 Å². The fraction of sp³-hybridized carbons (Fsp3) is 0.308. The summed E-state index contributed by atoms with van der Waals surface area (Å²) in [5.74, 6) is 0.198. The van der Waals surface area contributed by atoms with Gasteiger partial charge in [0.1, 0.15) is 0 Å². The van der Waals surface area contributed by atoms with Gasteiger partial charge in [-0.1, -0.05) is 10.9 Å². The molecule has 0 unspecified atom stereocenters. The summed E-state index contributed by atoms with van der Waals surface area (Å²) in [6.45, 7) is 0.949. The predicted octanol–water partition coefficient (Wildman–Crippen LogP) is 1.90. The van der Waals surface area contributed by atoms with Gasteiger partial charge in [0.15, 0.2) is 5.78 Å².